The molecule has 0 aliphatic carbocycles. The van der Waals surface area contributed by atoms with Crippen LogP contribution in [0.1, 0.15) is 11.1 Å². The SMILES string of the molecule is Cc1cc(C)c(NC(=O)COC(=O)COc2ccccc2F)c(Cl)c1. The zero-order valence-corrected chi connectivity index (χ0v) is 14.5. The number of amides is 1. The van der Waals surface area contributed by atoms with Crippen molar-refractivity contribution in [3.8, 4) is 5.75 Å². The van der Waals surface area contributed by atoms with Crippen LogP contribution in [0, 0.1) is 19.7 Å². The third-order valence-corrected chi connectivity index (χ3v) is 3.54. The van der Waals surface area contributed by atoms with Crippen LogP contribution in [0.3, 0.4) is 0 Å². The summed E-state index contributed by atoms with van der Waals surface area (Å²) < 4.78 is 23.1. The first-order chi connectivity index (χ1) is 11.9. The van der Waals surface area contributed by atoms with Gasteiger partial charge in [0.2, 0.25) is 0 Å². The summed E-state index contributed by atoms with van der Waals surface area (Å²) in [6, 6.07) is 9.27. The lowest BCUT2D eigenvalue weighted by molar-refractivity contribution is -0.149. The summed E-state index contributed by atoms with van der Waals surface area (Å²) in [6.07, 6.45) is 0. The first-order valence-corrected chi connectivity index (χ1v) is 7.84. The van der Waals surface area contributed by atoms with Crippen LogP contribution in [-0.2, 0) is 14.3 Å². The van der Waals surface area contributed by atoms with Gasteiger partial charge in [-0.15, -0.1) is 0 Å². The van der Waals surface area contributed by atoms with Crippen LogP contribution in [0.5, 0.6) is 5.75 Å². The number of carbonyl (C=O) groups is 2. The van der Waals surface area contributed by atoms with Crippen molar-refractivity contribution >= 4 is 29.2 Å². The second-order valence-electron chi connectivity index (χ2n) is 5.37. The molecule has 0 aromatic heterocycles. The van der Waals surface area contributed by atoms with E-state index in [-0.39, 0.29) is 5.75 Å². The summed E-state index contributed by atoms with van der Waals surface area (Å²) in [7, 11) is 0. The molecule has 0 radical (unpaired) electrons. The number of rotatable bonds is 6. The largest absolute Gasteiger partial charge is 0.479 e. The molecule has 25 heavy (non-hydrogen) atoms. The normalized spacial score (nSPS) is 10.2. The minimum absolute atomic E-state index is 0.0639. The van der Waals surface area contributed by atoms with Crippen LogP contribution in [0.25, 0.3) is 0 Å². The number of benzene rings is 2. The lowest BCUT2D eigenvalue weighted by Gasteiger charge is -2.12. The Morgan fingerprint density at radius 2 is 1.88 bits per heavy atom. The Hall–Kier alpha value is -2.60. The molecule has 0 spiro atoms. The quantitative estimate of drug-likeness (QED) is 0.793. The molecule has 0 fully saturated rings. The molecule has 7 heteroatoms. The van der Waals surface area contributed by atoms with E-state index in [1.165, 1.54) is 18.2 Å². The fourth-order valence-electron chi connectivity index (χ4n) is 2.14. The van der Waals surface area contributed by atoms with Crippen molar-refractivity contribution in [2.45, 2.75) is 13.8 Å². The fraction of sp³-hybridized carbons (Fsp3) is 0.222. The smallest absolute Gasteiger partial charge is 0.344 e. The fourth-order valence-corrected chi connectivity index (χ4v) is 2.50. The number of halogens is 2. The van der Waals surface area contributed by atoms with Crippen molar-refractivity contribution in [2.24, 2.45) is 0 Å². The molecule has 0 unspecified atom stereocenters. The van der Waals surface area contributed by atoms with Gasteiger partial charge in [0, 0.05) is 0 Å². The Bertz CT molecular complexity index is 771. The molecule has 0 atom stereocenters. The Morgan fingerprint density at radius 3 is 2.56 bits per heavy atom. The van der Waals surface area contributed by atoms with Crippen LogP contribution in [0.15, 0.2) is 36.4 Å². The van der Waals surface area contributed by atoms with E-state index >= 15 is 0 Å². The first-order valence-electron chi connectivity index (χ1n) is 7.46. The number of ether oxygens (including phenoxy) is 2. The van der Waals surface area contributed by atoms with Gasteiger partial charge in [-0.25, -0.2) is 9.18 Å². The van der Waals surface area contributed by atoms with Gasteiger partial charge >= 0.3 is 5.97 Å². The molecule has 2 rings (SSSR count). The topological polar surface area (TPSA) is 64.6 Å². The van der Waals surface area contributed by atoms with Crippen molar-refractivity contribution in [1.82, 2.24) is 0 Å². The minimum atomic E-state index is -0.787. The first kappa shape index (κ1) is 18.7. The lowest BCUT2D eigenvalue weighted by atomic mass is 10.1. The van der Waals surface area contributed by atoms with Gasteiger partial charge in [0.1, 0.15) is 0 Å². The van der Waals surface area contributed by atoms with E-state index in [1.807, 2.05) is 19.9 Å². The van der Waals surface area contributed by atoms with Gasteiger partial charge in [0.15, 0.2) is 24.8 Å². The van der Waals surface area contributed by atoms with Crippen molar-refractivity contribution in [3.05, 3.63) is 58.4 Å². The molecule has 1 N–H and O–H groups in total. The summed E-state index contributed by atoms with van der Waals surface area (Å²) in [5.41, 5.74) is 2.24. The predicted molar refractivity (Wildman–Crippen MR) is 92.4 cm³/mol. The third kappa shape index (κ3) is 5.46. The highest BCUT2D eigenvalue weighted by Crippen LogP contribution is 2.27. The average Bonchev–Trinajstić information content (AvgIpc) is 2.55. The summed E-state index contributed by atoms with van der Waals surface area (Å²) in [5, 5.41) is 3.00. The van der Waals surface area contributed by atoms with Crippen LogP contribution in [0.4, 0.5) is 10.1 Å². The van der Waals surface area contributed by atoms with Gasteiger partial charge in [-0.3, -0.25) is 4.79 Å². The summed E-state index contributed by atoms with van der Waals surface area (Å²) in [4.78, 5) is 23.5. The molecule has 2 aromatic rings. The van der Waals surface area contributed by atoms with Crippen LogP contribution in [-0.4, -0.2) is 25.1 Å². The molecular weight excluding hydrogens is 349 g/mol. The summed E-state index contributed by atoms with van der Waals surface area (Å²) in [6.45, 7) is 2.70. The second kappa shape index (κ2) is 8.48. The van der Waals surface area contributed by atoms with Crippen molar-refractivity contribution < 1.29 is 23.5 Å². The molecular formula is C18H17ClFNO4. The lowest BCUT2D eigenvalue weighted by Crippen LogP contribution is -2.24. The number of hydrogen-bond acceptors (Lipinski definition) is 4. The summed E-state index contributed by atoms with van der Waals surface area (Å²) >= 11 is 6.10. The molecule has 0 aliphatic rings. The molecule has 0 heterocycles. The van der Waals surface area contributed by atoms with Gasteiger partial charge in [0.05, 0.1) is 10.7 Å². The summed E-state index contributed by atoms with van der Waals surface area (Å²) in [5.74, 6) is -1.97. The molecule has 0 saturated carbocycles. The molecule has 5 nitrogen and oxygen atoms in total. The number of para-hydroxylation sites is 1. The van der Waals surface area contributed by atoms with E-state index in [9.17, 15) is 14.0 Å². The third-order valence-electron chi connectivity index (χ3n) is 3.24. The zero-order valence-electron chi connectivity index (χ0n) is 13.8. The van der Waals surface area contributed by atoms with E-state index in [2.05, 4.69) is 5.32 Å². The Morgan fingerprint density at radius 1 is 1.16 bits per heavy atom. The van der Waals surface area contributed by atoms with Crippen LogP contribution < -0.4 is 10.1 Å². The van der Waals surface area contributed by atoms with Gasteiger partial charge in [-0.2, -0.15) is 0 Å². The number of nitrogens with one attached hydrogen (secondary N) is 1. The van der Waals surface area contributed by atoms with E-state index in [4.69, 9.17) is 21.1 Å². The number of hydrogen-bond donors (Lipinski definition) is 1. The Labute approximate surface area is 149 Å². The maximum absolute atomic E-state index is 13.3. The highest BCUT2D eigenvalue weighted by atomic mass is 35.5. The van der Waals surface area contributed by atoms with Crippen LogP contribution >= 0.6 is 11.6 Å². The van der Waals surface area contributed by atoms with Crippen molar-refractivity contribution in [2.75, 3.05) is 18.5 Å². The van der Waals surface area contributed by atoms with Gasteiger partial charge < -0.3 is 14.8 Å². The number of carbonyl (C=O) groups excluding carboxylic acids is 2. The Balaban J connectivity index is 1.82. The molecule has 0 saturated heterocycles. The maximum atomic E-state index is 13.3. The number of anilines is 1. The highest BCUT2D eigenvalue weighted by molar-refractivity contribution is 6.34. The second-order valence-corrected chi connectivity index (χ2v) is 5.77. The molecule has 2 aromatic carbocycles. The van der Waals surface area contributed by atoms with Gasteiger partial charge in [-0.05, 0) is 43.2 Å². The average molecular weight is 366 g/mol. The zero-order chi connectivity index (χ0) is 18.4. The van der Waals surface area contributed by atoms with Crippen molar-refractivity contribution in [3.63, 3.8) is 0 Å². The molecule has 0 aliphatic heterocycles. The van der Waals surface area contributed by atoms with Gasteiger partial charge in [-0.1, -0.05) is 29.8 Å². The van der Waals surface area contributed by atoms with E-state index < -0.39 is 30.9 Å². The van der Waals surface area contributed by atoms with Crippen LogP contribution in [0.2, 0.25) is 5.02 Å². The number of esters is 1. The monoisotopic (exact) mass is 365 g/mol. The molecule has 132 valence electrons. The highest BCUT2D eigenvalue weighted by Gasteiger charge is 2.13. The standard InChI is InChI=1S/C18H17ClFNO4/c1-11-7-12(2)18(13(19)8-11)21-16(22)9-25-17(23)10-24-15-6-4-3-5-14(15)20/h3-8H,9-10H2,1-2H3,(H,21,22). The predicted octanol–water partition coefficient (Wildman–Crippen LogP) is 3.66. The maximum Gasteiger partial charge on any atom is 0.344 e. The van der Waals surface area contributed by atoms with E-state index in [1.54, 1.807) is 12.1 Å². The van der Waals surface area contributed by atoms with E-state index in [0.29, 0.717) is 10.7 Å². The molecule has 1 amide bonds. The van der Waals surface area contributed by atoms with Crippen molar-refractivity contribution in [1.29, 1.82) is 0 Å². The Kier molecular flexibility index (Phi) is 6.36. The van der Waals surface area contributed by atoms with Gasteiger partial charge in [0.25, 0.3) is 5.91 Å². The minimum Gasteiger partial charge on any atom is -0.479 e. The molecule has 0 bridgehead atoms. The number of aryl methyl sites for hydroxylation is 2. The van der Waals surface area contributed by atoms with E-state index in [0.717, 1.165) is 11.1 Å².